The van der Waals surface area contributed by atoms with Crippen LogP contribution in [0, 0.1) is 0 Å². The Kier molecular flexibility index (Phi) is 6.25. The molecule has 3 aromatic rings. The van der Waals surface area contributed by atoms with Gasteiger partial charge in [-0.05, 0) is 55.2 Å². The van der Waals surface area contributed by atoms with Gasteiger partial charge < -0.3 is 23.9 Å². The van der Waals surface area contributed by atoms with E-state index in [0.29, 0.717) is 11.3 Å². The molecule has 1 aromatic heterocycles. The van der Waals surface area contributed by atoms with Gasteiger partial charge in [0.1, 0.15) is 17.1 Å². The van der Waals surface area contributed by atoms with Crippen LogP contribution < -0.4 is 19.5 Å². The first-order valence-electron chi connectivity index (χ1n) is 10.1. The number of furan rings is 1. The molecular weight excluding hydrogens is 408 g/mol. The Morgan fingerprint density at radius 3 is 2.77 bits per heavy atom. The van der Waals surface area contributed by atoms with Gasteiger partial charge in [-0.3, -0.25) is 4.79 Å². The molecule has 164 valence electrons. The molecule has 0 fully saturated rings. The van der Waals surface area contributed by atoms with Crippen molar-refractivity contribution in [1.29, 1.82) is 0 Å². The highest BCUT2D eigenvalue weighted by Crippen LogP contribution is 2.34. The van der Waals surface area contributed by atoms with Gasteiger partial charge in [0.05, 0.1) is 7.11 Å². The minimum atomic E-state index is -2.94. The second-order valence-corrected chi connectivity index (χ2v) is 7.30. The monoisotopic (exact) mass is 431 g/mol. The van der Waals surface area contributed by atoms with Gasteiger partial charge in [0.2, 0.25) is 0 Å². The molecule has 8 heteroatoms. The number of aryl methyl sites for hydroxylation is 2. The number of halogens is 2. The van der Waals surface area contributed by atoms with Gasteiger partial charge in [0.15, 0.2) is 18.1 Å². The fraction of sp³-hybridized carbons (Fsp3) is 0.348. The van der Waals surface area contributed by atoms with Crippen molar-refractivity contribution >= 4 is 16.9 Å². The average Bonchev–Trinajstić information content (AvgIpc) is 3.14. The lowest BCUT2D eigenvalue weighted by molar-refractivity contribution is -0.123. The van der Waals surface area contributed by atoms with Crippen LogP contribution >= 0.6 is 0 Å². The summed E-state index contributed by atoms with van der Waals surface area (Å²) < 4.78 is 45.8. The molecule has 31 heavy (non-hydrogen) atoms. The number of carbonyl (C=O) groups is 1. The quantitative estimate of drug-likeness (QED) is 0.564. The number of methoxy groups -OCH3 is 1. The summed E-state index contributed by atoms with van der Waals surface area (Å²) >= 11 is 0. The first kappa shape index (κ1) is 21.0. The van der Waals surface area contributed by atoms with Gasteiger partial charge >= 0.3 is 6.61 Å². The van der Waals surface area contributed by atoms with E-state index in [2.05, 4.69) is 10.1 Å². The summed E-state index contributed by atoms with van der Waals surface area (Å²) in [4.78, 5) is 12.2. The second kappa shape index (κ2) is 9.24. The van der Waals surface area contributed by atoms with Gasteiger partial charge in [0, 0.05) is 23.9 Å². The minimum absolute atomic E-state index is 0.0623. The van der Waals surface area contributed by atoms with Gasteiger partial charge in [-0.25, -0.2) is 0 Å². The number of carbonyl (C=O) groups excluding carboxylic acids is 1. The lowest BCUT2D eigenvalue weighted by atomic mass is 9.96. The van der Waals surface area contributed by atoms with E-state index in [1.807, 2.05) is 12.1 Å². The number of ether oxygens (including phenoxy) is 3. The molecule has 6 nitrogen and oxygen atoms in total. The summed E-state index contributed by atoms with van der Waals surface area (Å²) in [6, 6.07) is 10.1. The number of nitrogens with one attached hydrogen (secondary N) is 1. The number of hydrogen-bond acceptors (Lipinski definition) is 5. The second-order valence-electron chi connectivity index (χ2n) is 7.30. The number of amides is 1. The molecule has 0 saturated carbocycles. The van der Waals surface area contributed by atoms with E-state index < -0.39 is 6.61 Å². The number of alkyl halides is 2. The first-order valence-corrected chi connectivity index (χ1v) is 10.1. The zero-order valence-electron chi connectivity index (χ0n) is 17.1. The highest BCUT2D eigenvalue weighted by atomic mass is 19.3. The Labute approximate surface area is 178 Å². The van der Waals surface area contributed by atoms with E-state index in [9.17, 15) is 13.6 Å². The van der Waals surface area contributed by atoms with E-state index in [1.54, 1.807) is 12.1 Å². The Balaban J connectivity index is 1.33. The highest BCUT2D eigenvalue weighted by Gasteiger charge is 2.18. The largest absolute Gasteiger partial charge is 0.493 e. The normalized spacial score (nSPS) is 13.2. The van der Waals surface area contributed by atoms with E-state index in [1.165, 1.54) is 24.8 Å². The van der Waals surface area contributed by atoms with Crippen molar-refractivity contribution in [3.05, 3.63) is 53.3 Å². The van der Waals surface area contributed by atoms with E-state index in [0.717, 1.165) is 42.4 Å². The maximum Gasteiger partial charge on any atom is 0.387 e. The summed E-state index contributed by atoms with van der Waals surface area (Å²) in [6.07, 6.45) is 4.25. The van der Waals surface area contributed by atoms with Crippen LogP contribution in [0.15, 0.2) is 40.8 Å². The van der Waals surface area contributed by atoms with Crippen molar-refractivity contribution in [1.82, 2.24) is 5.32 Å². The molecule has 1 aliphatic rings. The molecular formula is C23H23F2NO5. The van der Waals surface area contributed by atoms with Crippen molar-refractivity contribution in [3.8, 4) is 17.2 Å². The molecule has 1 heterocycles. The molecule has 0 unspecified atom stereocenters. The van der Waals surface area contributed by atoms with Crippen LogP contribution in [-0.2, 0) is 24.2 Å². The molecule has 0 bridgehead atoms. The first-order chi connectivity index (χ1) is 15.0. The lowest BCUT2D eigenvalue weighted by Crippen LogP contribution is -2.28. The third-order valence-corrected chi connectivity index (χ3v) is 5.23. The van der Waals surface area contributed by atoms with Crippen molar-refractivity contribution < 1.29 is 32.2 Å². The summed E-state index contributed by atoms with van der Waals surface area (Å²) in [5, 5.41) is 3.78. The van der Waals surface area contributed by atoms with Crippen molar-refractivity contribution in [3.63, 3.8) is 0 Å². The van der Waals surface area contributed by atoms with Crippen molar-refractivity contribution in [2.45, 2.75) is 38.8 Å². The third kappa shape index (κ3) is 4.90. The summed E-state index contributed by atoms with van der Waals surface area (Å²) in [7, 11) is 1.36. The zero-order valence-corrected chi connectivity index (χ0v) is 17.1. The third-order valence-electron chi connectivity index (χ3n) is 5.23. The maximum atomic E-state index is 12.4. The van der Waals surface area contributed by atoms with E-state index >= 15 is 0 Å². The van der Waals surface area contributed by atoms with Crippen LogP contribution in [0.25, 0.3) is 11.0 Å². The van der Waals surface area contributed by atoms with Crippen LogP contribution in [0.4, 0.5) is 8.78 Å². The predicted octanol–water partition coefficient (Wildman–Crippen LogP) is 4.62. The van der Waals surface area contributed by atoms with Crippen LogP contribution in [-0.4, -0.2) is 26.2 Å². The summed E-state index contributed by atoms with van der Waals surface area (Å²) in [5.41, 5.74) is 2.76. The van der Waals surface area contributed by atoms with Crippen LogP contribution in [0.3, 0.4) is 0 Å². The van der Waals surface area contributed by atoms with Gasteiger partial charge in [0.25, 0.3) is 5.91 Å². The molecule has 4 rings (SSSR count). The van der Waals surface area contributed by atoms with Crippen LogP contribution in [0.1, 0.15) is 29.7 Å². The molecule has 2 aromatic carbocycles. The highest BCUT2D eigenvalue weighted by molar-refractivity contribution is 5.84. The maximum absolute atomic E-state index is 12.4. The molecule has 0 saturated heterocycles. The minimum Gasteiger partial charge on any atom is -0.493 e. The van der Waals surface area contributed by atoms with E-state index in [4.69, 9.17) is 13.9 Å². The zero-order chi connectivity index (χ0) is 21.8. The molecule has 0 radical (unpaired) electrons. The predicted molar refractivity (Wildman–Crippen MR) is 110 cm³/mol. The van der Waals surface area contributed by atoms with Gasteiger partial charge in [-0.1, -0.05) is 6.07 Å². The van der Waals surface area contributed by atoms with Gasteiger partial charge in [-0.2, -0.15) is 8.78 Å². The number of rotatable bonds is 8. The van der Waals surface area contributed by atoms with Crippen LogP contribution in [0.2, 0.25) is 0 Å². The Hall–Kier alpha value is -3.29. The average molecular weight is 431 g/mol. The van der Waals surface area contributed by atoms with E-state index in [-0.39, 0.29) is 30.6 Å². The van der Waals surface area contributed by atoms with Crippen LogP contribution in [0.5, 0.6) is 17.2 Å². The standard InChI is InChI=1S/C23H23F2NO5/c1-28-21-10-14(6-8-20(21)31-23(24)25)12-26-22(27)13-29-15-7-9-19-17(11-15)16-4-2-3-5-18(16)30-19/h6-11,23H,2-5,12-13H2,1H3,(H,26,27). The summed E-state index contributed by atoms with van der Waals surface area (Å²) in [6.45, 7) is -2.89. The summed E-state index contributed by atoms with van der Waals surface area (Å²) in [5.74, 6) is 1.46. The number of hydrogen-bond donors (Lipinski definition) is 1. The number of benzene rings is 2. The molecule has 1 N–H and O–H groups in total. The lowest BCUT2D eigenvalue weighted by Gasteiger charge is -2.12. The number of fused-ring (bicyclic) bond motifs is 3. The molecule has 1 aliphatic carbocycles. The smallest absolute Gasteiger partial charge is 0.387 e. The molecule has 0 aliphatic heterocycles. The molecule has 1 amide bonds. The Bertz CT molecular complexity index is 1080. The fourth-order valence-electron chi connectivity index (χ4n) is 3.75. The Morgan fingerprint density at radius 2 is 1.97 bits per heavy atom. The topological polar surface area (TPSA) is 69.9 Å². The van der Waals surface area contributed by atoms with Crippen molar-refractivity contribution in [2.75, 3.05) is 13.7 Å². The van der Waals surface area contributed by atoms with Crippen molar-refractivity contribution in [2.24, 2.45) is 0 Å². The van der Waals surface area contributed by atoms with Gasteiger partial charge in [-0.15, -0.1) is 0 Å². The Morgan fingerprint density at radius 1 is 1.13 bits per heavy atom. The molecule has 0 spiro atoms. The molecule has 0 atom stereocenters. The SMILES string of the molecule is COc1cc(CNC(=O)COc2ccc3oc4c(c3c2)CCCC4)ccc1OC(F)F. The fourth-order valence-corrected chi connectivity index (χ4v) is 3.75.